The van der Waals surface area contributed by atoms with Gasteiger partial charge in [-0.25, -0.2) is 4.79 Å². The summed E-state index contributed by atoms with van der Waals surface area (Å²) < 4.78 is 4.58. The molecule has 3 amide bonds. The third kappa shape index (κ3) is 5.30. The lowest BCUT2D eigenvalue weighted by Gasteiger charge is -2.25. The summed E-state index contributed by atoms with van der Waals surface area (Å²) >= 11 is 0. The maximum atomic E-state index is 11.4. The Kier molecular flexibility index (Phi) is 6.19. The highest BCUT2D eigenvalue weighted by Gasteiger charge is 2.23. The highest BCUT2D eigenvalue weighted by Crippen LogP contribution is 2.04. The van der Waals surface area contributed by atoms with Crippen LogP contribution in [0.1, 0.15) is 13.8 Å². The quantitative estimate of drug-likeness (QED) is 0.624. The van der Waals surface area contributed by atoms with E-state index in [0.29, 0.717) is 6.54 Å². The smallest absolute Gasteiger partial charge is 0.318 e. The van der Waals surface area contributed by atoms with Gasteiger partial charge in [-0.15, -0.1) is 0 Å². The van der Waals surface area contributed by atoms with E-state index in [4.69, 9.17) is 5.73 Å². The first kappa shape index (κ1) is 15.4. The van der Waals surface area contributed by atoms with Gasteiger partial charge in [0.15, 0.2) is 0 Å². The first-order chi connectivity index (χ1) is 7.79. The number of primary amides is 1. The molecule has 0 fully saturated rings. The van der Waals surface area contributed by atoms with Crippen molar-refractivity contribution in [2.24, 2.45) is 11.7 Å². The fraction of sp³-hybridized carbons (Fsp3) is 0.700. The van der Waals surface area contributed by atoms with E-state index in [0.717, 1.165) is 0 Å². The second kappa shape index (κ2) is 6.85. The van der Waals surface area contributed by atoms with Gasteiger partial charge in [-0.3, -0.25) is 19.8 Å². The summed E-state index contributed by atoms with van der Waals surface area (Å²) in [5.74, 6) is -1.20. The predicted molar refractivity (Wildman–Crippen MR) is 61.0 cm³/mol. The molecule has 0 aliphatic carbocycles. The lowest BCUT2D eigenvalue weighted by atomic mass is 10.1. The summed E-state index contributed by atoms with van der Waals surface area (Å²) in [5.41, 5.74) is 4.84. The van der Waals surface area contributed by atoms with E-state index in [-0.39, 0.29) is 11.9 Å². The zero-order valence-corrected chi connectivity index (χ0v) is 10.5. The van der Waals surface area contributed by atoms with Crippen LogP contribution in [0, 0.1) is 5.92 Å². The van der Waals surface area contributed by atoms with Crippen molar-refractivity contribution in [1.82, 2.24) is 10.2 Å². The number of carbonyl (C=O) groups excluding carboxylic acids is 3. The van der Waals surface area contributed by atoms with E-state index in [2.05, 4.69) is 4.74 Å². The molecule has 0 saturated heterocycles. The summed E-state index contributed by atoms with van der Waals surface area (Å²) in [6.45, 7) is 3.66. The number of carbonyl (C=O) groups is 3. The van der Waals surface area contributed by atoms with E-state index in [9.17, 15) is 14.4 Å². The standard InChI is InChI=1S/C10H19N3O4/c1-6(9(15)17-4)5-13(3)7(2)8(14)12-10(11)16/h6-7H,5H2,1-4H3,(H3,11,12,14,16). The molecule has 0 bridgehead atoms. The maximum absolute atomic E-state index is 11.4. The Morgan fingerprint density at radius 2 is 1.88 bits per heavy atom. The third-order valence-electron chi connectivity index (χ3n) is 2.45. The summed E-state index contributed by atoms with van der Waals surface area (Å²) in [7, 11) is 2.98. The normalized spacial score (nSPS) is 13.9. The molecule has 0 heterocycles. The van der Waals surface area contributed by atoms with Gasteiger partial charge >= 0.3 is 12.0 Å². The van der Waals surface area contributed by atoms with Crippen LogP contribution in [0.3, 0.4) is 0 Å². The fourth-order valence-electron chi connectivity index (χ4n) is 1.29. The number of amides is 3. The van der Waals surface area contributed by atoms with Crippen LogP contribution in [0.2, 0.25) is 0 Å². The molecule has 0 radical (unpaired) electrons. The number of nitrogens with one attached hydrogen (secondary N) is 1. The number of imide groups is 1. The number of nitrogens with two attached hydrogens (primary N) is 1. The molecule has 3 N–H and O–H groups in total. The molecule has 17 heavy (non-hydrogen) atoms. The van der Waals surface area contributed by atoms with Crippen molar-refractivity contribution < 1.29 is 19.1 Å². The van der Waals surface area contributed by atoms with E-state index in [1.54, 1.807) is 25.8 Å². The molecule has 0 aliphatic heterocycles. The van der Waals surface area contributed by atoms with Gasteiger partial charge in [-0.05, 0) is 14.0 Å². The van der Waals surface area contributed by atoms with Crippen LogP contribution in [0.5, 0.6) is 0 Å². The van der Waals surface area contributed by atoms with Crippen molar-refractivity contribution in [2.45, 2.75) is 19.9 Å². The predicted octanol–water partition coefficient (Wildman–Crippen LogP) is -0.689. The minimum absolute atomic E-state index is 0.347. The number of ether oxygens (including phenoxy) is 1. The summed E-state index contributed by atoms with van der Waals surface area (Å²) in [6, 6.07) is -1.45. The van der Waals surface area contributed by atoms with Gasteiger partial charge in [0.1, 0.15) is 0 Å². The number of rotatable bonds is 5. The topological polar surface area (TPSA) is 102 Å². The maximum Gasteiger partial charge on any atom is 0.318 e. The molecule has 0 spiro atoms. The van der Waals surface area contributed by atoms with Crippen molar-refractivity contribution in [3.05, 3.63) is 0 Å². The van der Waals surface area contributed by atoms with Crippen LogP contribution >= 0.6 is 0 Å². The third-order valence-corrected chi connectivity index (χ3v) is 2.45. The second-order valence-corrected chi connectivity index (χ2v) is 3.89. The summed E-state index contributed by atoms with van der Waals surface area (Å²) in [4.78, 5) is 34.8. The molecule has 98 valence electrons. The monoisotopic (exact) mass is 245 g/mol. The Labute approximate surface area is 100 Å². The van der Waals surface area contributed by atoms with E-state index < -0.39 is 18.0 Å². The van der Waals surface area contributed by atoms with Gasteiger partial charge in [-0.2, -0.15) is 0 Å². The van der Waals surface area contributed by atoms with Crippen LogP contribution in [-0.4, -0.2) is 49.6 Å². The van der Waals surface area contributed by atoms with Gasteiger partial charge in [0.05, 0.1) is 19.1 Å². The second-order valence-electron chi connectivity index (χ2n) is 3.89. The number of hydrogen-bond donors (Lipinski definition) is 2. The number of esters is 1. The first-order valence-corrected chi connectivity index (χ1v) is 5.18. The van der Waals surface area contributed by atoms with Gasteiger partial charge in [0, 0.05) is 6.54 Å². The average molecular weight is 245 g/mol. The highest BCUT2D eigenvalue weighted by molar-refractivity contribution is 5.96. The summed E-state index contributed by atoms with van der Waals surface area (Å²) in [6.07, 6.45) is 0. The molecular weight excluding hydrogens is 226 g/mol. The molecular formula is C10H19N3O4. The number of nitrogens with zero attached hydrogens (tertiary/aromatic N) is 1. The van der Waals surface area contributed by atoms with Gasteiger partial charge < -0.3 is 10.5 Å². The fourth-order valence-corrected chi connectivity index (χ4v) is 1.29. The number of likely N-dealkylation sites (N-methyl/N-ethyl adjacent to an activating group) is 1. The SMILES string of the molecule is COC(=O)C(C)CN(C)C(C)C(=O)NC(N)=O. The lowest BCUT2D eigenvalue weighted by Crippen LogP contribution is -2.48. The number of hydrogen-bond acceptors (Lipinski definition) is 5. The van der Waals surface area contributed by atoms with E-state index in [1.807, 2.05) is 5.32 Å². The highest BCUT2D eigenvalue weighted by atomic mass is 16.5. The van der Waals surface area contributed by atoms with Crippen molar-refractivity contribution in [1.29, 1.82) is 0 Å². The molecule has 0 aromatic carbocycles. The largest absolute Gasteiger partial charge is 0.469 e. The Balaban J connectivity index is 4.30. The molecule has 0 saturated carbocycles. The van der Waals surface area contributed by atoms with Crippen LogP contribution in [0.4, 0.5) is 4.79 Å². The molecule has 2 atom stereocenters. The Morgan fingerprint density at radius 3 is 2.29 bits per heavy atom. The van der Waals surface area contributed by atoms with Crippen molar-refractivity contribution in [3.63, 3.8) is 0 Å². The van der Waals surface area contributed by atoms with E-state index >= 15 is 0 Å². The van der Waals surface area contributed by atoms with Gasteiger partial charge in [0.2, 0.25) is 5.91 Å². The average Bonchev–Trinajstić information content (AvgIpc) is 2.25. The molecule has 0 rings (SSSR count). The van der Waals surface area contributed by atoms with Crippen molar-refractivity contribution >= 4 is 17.9 Å². The van der Waals surface area contributed by atoms with E-state index in [1.165, 1.54) is 7.11 Å². The molecule has 0 aliphatic rings. The lowest BCUT2D eigenvalue weighted by molar-refractivity contribution is -0.146. The summed E-state index contributed by atoms with van der Waals surface area (Å²) in [5, 5.41) is 1.98. The van der Waals surface area contributed by atoms with Gasteiger partial charge in [-0.1, -0.05) is 6.92 Å². The number of urea groups is 1. The van der Waals surface area contributed by atoms with Crippen LogP contribution in [0.15, 0.2) is 0 Å². The molecule has 0 aromatic heterocycles. The van der Waals surface area contributed by atoms with Crippen LogP contribution < -0.4 is 11.1 Å². The zero-order valence-electron chi connectivity index (χ0n) is 10.5. The zero-order chi connectivity index (χ0) is 13.6. The Bertz CT molecular complexity index is 306. The number of methoxy groups -OCH3 is 1. The minimum Gasteiger partial charge on any atom is -0.469 e. The molecule has 2 unspecified atom stereocenters. The molecule has 7 nitrogen and oxygen atoms in total. The van der Waals surface area contributed by atoms with Crippen molar-refractivity contribution in [3.8, 4) is 0 Å². The first-order valence-electron chi connectivity index (χ1n) is 5.18. The minimum atomic E-state index is -0.892. The van der Waals surface area contributed by atoms with Crippen LogP contribution in [-0.2, 0) is 14.3 Å². The van der Waals surface area contributed by atoms with Crippen LogP contribution in [0.25, 0.3) is 0 Å². The molecule has 0 aromatic rings. The molecule has 7 heteroatoms. The van der Waals surface area contributed by atoms with Gasteiger partial charge in [0.25, 0.3) is 0 Å². The van der Waals surface area contributed by atoms with Crippen molar-refractivity contribution in [2.75, 3.05) is 20.7 Å². The Morgan fingerprint density at radius 1 is 1.35 bits per heavy atom. The Hall–Kier alpha value is -1.63.